The van der Waals surface area contributed by atoms with Gasteiger partial charge in [-0.25, -0.2) is 9.97 Å². The Hall–Kier alpha value is -1.90. The second-order valence-electron chi connectivity index (χ2n) is 5.38. The van der Waals surface area contributed by atoms with Crippen molar-refractivity contribution in [1.82, 2.24) is 9.97 Å². The van der Waals surface area contributed by atoms with E-state index in [4.69, 9.17) is 4.98 Å². The van der Waals surface area contributed by atoms with Crippen molar-refractivity contribution >= 4 is 5.82 Å². The first-order valence-corrected chi connectivity index (χ1v) is 7.36. The molecule has 106 valence electrons. The molecule has 1 aromatic carbocycles. The molecule has 1 heterocycles. The van der Waals surface area contributed by atoms with Crippen molar-refractivity contribution in [2.75, 3.05) is 11.9 Å². The molecule has 0 bridgehead atoms. The molecule has 0 unspecified atom stereocenters. The summed E-state index contributed by atoms with van der Waals surface area (Å²) in [5.74, 6) is 2.51. The van der Waals surface area contributed by atoms with Crippen LogP contribution < -0.4 is 5.32 Å². The summed E-state index contributed by atoms with van der Waals surface area (Å²) in [6.45, 7) is 7.41. The highest BCUT2D eigenvalue weighted by atomic mass is 15.0. The summed E-state index contributed by atoms with van der Waals surface area (Å²) in [5.41, 5.74) is 2.13. The minimum atomic E-state index is 0.668. The number of anilines is 1. The van der Waals surface area contributed by atoms with E-state index in [9.17, 15) is 0 Å². The Morgan fingerprint density at radius 2 is 1.85 bits per heavy atom. The number of rotatable bonds is 6. The normalized spacial score (nSPS) is 10.8. The molecule has 0 aliphatic carbocycles. The predicted molar refractivity (Wildman–Crippen MR) is 84.8 cm³/mol. The van der Waals surface area contributed by atoms with Gasteiger partial charge < -0.3 is 5.32 Å². The lowest BCUT2D eigenvalue weighted by Gasteiger charge is -2.10. The summed E-state index contributed by atoms with van der Waals surface area (Å²) >= 11 is 0. The maximum Gasteiger partial charge on any atom is 0.131 e. The molecule has 0 atom stereocenters. The van der Waals surface area contributed by atoms with Crippen LogP contribution in [-0.4, -0.2) is 16.5 Å². The number of nitrogens with one attached hydrogen (secondary N) is 1. The minimum absolute atomic E-state index is 0.668. The Labute approximate surface area is 121 Å². The van der Waals surface area contributed by atoms with E-state index < -0.39 is 0 Å². The summed E-state index contributed by atoms with van der Waals surface area (Å²) in [5, 5.41) is 3.29. The van der Waals surface area contributed by atoms with Gasteiger partial charge in [0.25, 0.3) is 0 Å². The van der Waals surface area contributed by atoms with Crippen molar-refractivity contribution in [2.24, 2.45) is 5.92 Å². The highest BCUT2D eigenvalue weighted by molar-refractivity contribution is 5.62. The van der Waals surface area contributed by atoms with Crippen LogP contribution in [0.15, 0.2) is 36.4 Å². The van der Waals surface area contributed by atoms with Gasteiger partial charge in [-0.1, -0.05) is 44.2 Å². The monoisotopic (exact) mass is 269 g/mol. The second kappa shape index (κ2) is 7.04. The maximum absolute atomic E-state index is 4.71. The van der Waals surface area contributed by atoms with Crippen LogP contribution in [0.4, 0.5) is 5.82 Å². The molecule has 0 aliphatic rings. The van der Waals surface area contributed by atoms with E-state index in [0.29, 0.717) is 5.92 Å². The number of nitrogens with zero attached hydrogens (tertiary/aromatic N) is 2. The molecule has 3 heteroatoms. The van der Waals surface area contributed by atoms with E-state index in [0.717, 1.165) is 42.3 Å². The molecule has 1 N–H and O–H groups in total. The fraction of sp³-hybridized carbons (Fsp3) is 0.412. The van der Waals surface area contributed by atoms with Crippen LogP contribution in [0.25, 0.3) is 11.3 Å². The SMILES string of the molecule is CCNc1cc(-c2ccccc2)nc(CCC(C)C)n1. The number of hydrogen-bond donors (Lipinski definition) is 1. The van der Waals surface area contributed by atoms with Crippen molar-refractivity contribution in [2.45, 2.75) is 33.6 Å². The highest BCUT2D eigenvalue weighted by Crippen LogP contribution is 2.20. The lowest BCUT2D eigenvalue weighted by Crippen LogP contribution is -2.05. The van der Waals surface area contributed by atoms with Gasteiger partial charge in [0.1, 0.15) is 11.6 Å². The van der Waals surface area contributed by atoms with Gasteiger partial charge in [0.2, 0.25) is 0 Å². The standard InChI is InChI=1S/C17H23N3/c1-4-18-17-12-15(14-8-6-5-7-9-14)19-16(20-17)11-10-13(2)3/h5-9,12-13H,4,10-11H2,1-3H3,(H,18,19,20). The molecule has 0 amide bonds. The summed E-state index contributed by atoms with van der Waals surface area (Å²) in [6, 6.07) is 12.3. The third kappa shape index (κ3) is 4.05. The Kier molecular flexibility index (Phi) is 5.10. The van der Waals surface area contributed by atoms with Crippen LogP contribution in [0.3, 0.4) is 0 Å². The highest BCUT2D eigenvalue weighted by Gasteiger charge is 2.07. The predicted octanol–water partition coefficient (Wildman–Crippen LogP) is 4.16. The van der Waals surface area contributed by atoms with E-state index in [2.05, 4.69) is 43.2 Å². The summed E-state index contributed by atoms with van der Waals surface area (Å²) in [7, 11) is 0. The van der Waals surface area contributed by atoms with Gasteiger partial charge in [0.05, 0.1) is 5.69 Å². The fourth-order valence-corrected chi connectivity index (χ4v) is 2.06. The average Bonchev–Trinajstić information content (AvgIpc) is 2.46. The van der Waals surface area contributed by atoms with Gasteiger partial charge in [-0.05, 0) is 19.3 Å². The lowest BCUT2D eigenvalue weighted by atomic mass is 10.1. The van der Waals surface area contributed by atoms with Crippen LogP contribution in [-0.2, 0) is 6.42 Å². The molecule has 2 rings (SSSR count). The quantitative estimate of drug-likeness (QED) is 0.855. The zero-order valence-corrected chi connectivity index (χ0v) is 12.6. The molecule has 0 spiro atoms. The van der Waals surface area contributed by atoms with E-state index in [1.165, 1.54) is 0 Å². The topological polar surface area (TPSA) is 37.8 Å². The fourth-order valence-electron chi connectivity index (χ4n) is 2.06. The lowest BCUT2D eigenvalue weighted by molar-refractivity contribution is 0.575. The molecular formula is C17H23N3. The third-order valence-electron chi connectivity index (χ3n) is 3.15. The molecule has 0 fully saturated rings. The van der Waals surface area contributed by atoms with Crippen molar-refractivity contribution in [1.29, 1.82) is 0 Å². The molecule has 0 saturated heterocycles. The Bertz CT molecular complexity index is 535. The molecule has 2 aromatic rings. The number of hydrogen-bond acceptors (Lipinski definition) is 3. The van der Waals surface area contributed by atoms with Gasteiger partial charge in [-0.3, -0.25) is 0 Å². The Morgan fingerprint density at radius 3 is 2.50 bits per heavy atom. The van der Waals surface area contributed by atoms with Crippen molar-refractivity contribution in [3.8, 4) is 11.3 Å². The van der Waals surface area contributed by atoms with Gasteiger partial charge in [0, 0.05) is 24.6 Å². The zero-order valence-electron chi connectivity index (χ0n) is 12.6. The van der Waals surface area contributed by atoms with E-state index in [1.54, 1.807) is 0 Å². The number of benzene rings is 1. The molecule has 0 saturated carbocycles. The molecule has 3 nitrogen and oxygen atoms in total. The van der Waals surface area contributed by atoms with Gasteiger partial charge in [0.15, 0.2) is 0 Å². The van der Waals surface area contributed by atoms with Gasteiger partial charge in [-0.15, -0.1) is 0 Å². The molecule has 0 radical (unpaired) electrons. The van der Waals surface area contributed by atoms with E-state index in [1.807, 2.05) is 24.3 Å². The maximum atomic E-state index is 4.71. The summed E-state index contributed by atoms with van der Waals surface area (Å²) < 4.78 is 0. The zero-order chi connectivity index (χ0) is 14.4. The van der Waals surface area contributed by atoms with Crippen LogP contribution in [0.2, 0.25) is 0 Å². The van der Waals surface area contributed by atoms with Crippen LogP contribution >= 0.6 is 0 Å². The average molecular weight is 269 g/mol. The largest absolute Gasteiger partial charge is 0.370 e. The van der Waals surface area contributed by atoms with Gasteiger partial charge >= 0.3 is 0 Å². The third-order valence-corrected chi connectivity index (χ3v) is 3.15. The van der Waals surface area contributed by atoms with Gasteiger partial charge in [-0.2, -0.15) is 0 Å². The molecule has 0 aliphatic heterocycles. The number of aryl methyl sites for hydroxylation is 1. The summed E-state index contributed by atoms with van der Waals surface area (Å²) in [4.78, 5) is 9.31. The first-order chi connectivity index (χ1) is 9.69. The first-order valence-electron chi connectivity index (χ1n) is 7.36. The minimum Gasteiger partial charge on any atom is -0.370 e. The number of aromatic nitrogens is 2. The molecule has 20 heavy (non-hydrogen) atoms. The smallest absolute Gasteiger partial charge is 0.131 e. The summed E-state index contributed by atoms with van der Waals surface area (Å²) in [6.07, 6.45) is 2.04. The molecule has 1 aromatic heterocycles. The van der Waals surface area contributed by atoms with Crippen molar-refractivity contribution < 1.29 is 0 Å². The van der Waals surface area contributed by atoms with Crippen LogP contribution in [0.5, 0.6) is 0 Å². The van der Waals surface area contributed by atoms with Crippen molar-refractivity contribution in [3.05, 3.63) is 42.2 Å². The Balaban J connectivity index is 2.31. The second-order valence-corrected chi connectivity index (χ2v) is 5.38. The Morgan fingerprint density at radius 1 is 1.10 bits per heavy atom. The molecular weight excluding hydrogens is 246 g/mol. The van der Waals surface area contributed by atoms with Crippen LogP contribution in [0, 0.1) is 5.92 Å². The van der Waals surface area contributed by atoms with Crippen LogP contribution in [0.1, 0.15) is 33.0 Å². The van der Waals surface area contributed by atoms with E-state index in [-0.39, 0.29) is 0 Å². The van der Waals surface area contributed by atoms with E-state index >= 15 is 0 Å². The first kappa shape index (κ1) is 14.5. The van der Waals surface area contributed by atoms with Crippen molar-refractivity contribution in [3.63, 3.8) is 0 Å².